The van der Waals surface area contributed by atoms with Gasteiger partial charge in [-0.05, 0) is 25.0 Å². The van der Waals surface area contributed by atoms with Gasteiger partial charge >= 0.3 is 0 Å². The van der Waals surface area contributed by atoms with Gasteiger partial charge in [-0.1, -0.05) is 18.2 Å². The zero-order valence-corrected chi connectivity index (χ0v) is 11.4. The fraction of sp³-hybridized carbons (Fsp3) is 0.286. The summed E-state index contributed by atoms with van der Waals surface area (Å²) in [5, 5.41) is 3.89. The minimum Gasteiger partial charge on any atom is -0.491 e. The van der Waals surface area contributed by atoms with Gasteiger partial charge < -0.3 is 10.1 Å². The summed E-state index contributed by atoms with van der Waals surface area (Å²) in [6, 6.07) is 7.95. The second-order valence-corrected chi connectivity index (χ2v) is 5.77. The predicted octanol–water partition coefficient (Wildman–Crippen LogP) is 2.19. The molecule has 0 saturated carbocycles. The number of aryl methyl sites for hydroxylation is 1. The molecule has 0 spiro atoms. The molecular formula is C14H14N2O2S. The number of benzene rings is 1. The van der Waals surface area contributed by atoms with E-state index in [1.165, 1.54) is 11.3 Å². The average molecular weight is 274 g/mol. The van der Waals surface area contributed by atoms with E-state index in [1.54, 1.807) is 6.20 Å². The van der Waals surface area contributed by atoms with Gasteiger partial charge in [-0.2, -0.15) is 0 Å². The van der Waals surface area contributed by atoms with Crippen molar-refractivity contribution in [1.82, 2.24) is 10.3 Å². The number of ether oxygens (including phenoxy) is 1. The van der Waals surface area contributed by atoms with Crippen LogP contribution in [0.4, 0.5) is 0 Å². The van der Waals surface area contributed by atoms with E-state index in [0.717, 1.165) is 22.7 Å². The molecule has 1 aliphatic rings. The third-order valence-electron chi connectivity index (χ3n) is 3.06. The highest BCUT2D eigenvalue weighted by Gasteiger charge is 2.22. The Hall–Kier alpha value is -1.88. The number of aromatic nitrogens is 1. The summed E-state index contributed by atoms with van der Waals surface area (Å²) in [4.78, 5) is 16.8. The van der Waals surface area contributed by atoms with Crippen LogP contribution >= 0.6 is 11.3 Å². The van der Waals surface area contributed by atoms with E-state index in [0.29, 0.717) is 11.5 Å². The van der Waals surface area contributed by atoms with Crippen molar-refractivity contribution < 1.29 is 9.53 Å². The van der Waals surface area contributed by atoms with Gasteiger partial charge in [-0.3, -0.25) is 4.79 Å². The zero-order valence-electron chi connectivity index (χ0n) is 10.6. The Morgan fingerprint density at radius 2 is 2.32 bits per heavy atom. The van der Waals surface area contributed by atoms with Crippen molar-refractivity contribution in [2.45, 2.75) is 19.4 Å². The number of rotatable bonds is 2. The molecule has 0 bridgehead atoms. The van der Waals surface area contributed by atoms with E-state index in [9.17, 15) is 4.79 Å². The first kappa shape index (κ1) is 12.2. The van der Waals surface area contributed by atoms with Crippen LogP contribution in [-0.4, -0.2) is 23.5 Å². The lowest BCUT2D eigenvalue weighted by Crippen LogP contribution is -2.42. The Morgan fingerprint density at radius 1 is 1.47 bits per heavy atom. The van der Waals surface area contributed by atoms with Crippen LogP contribution in [0.1, 0.15) is 20.2 Å². The molecule has 1 aromatic carbocycles. The Morgan fingerprint density at radius 3 is 3.11 bits per heavy atom. The van der Waals surface area contributed by atoms with Crippen LogP contribution in [0.15, 0.2) is 30.5 Å². The third-order valence-corrected chi connectivity index (χ3v) is 3.97. The SMILES string of the molecule is Cc1ncc(C(=O)N[C@H]2COc3ccccc3C2)s1. The first-order chi connectivity index (χ1) is 9.22. The lowest BCUT2D eigenvalue weighted by molar-refractivity contribution is 0.0919. The Kier molecular flexibility index (Phi) is 3.21. The highest BCUT2D eigenvalue weighted by molar-refractivity contribution is 7.13. The number of para-hydroxylation sites is 1. The van der Waals surface area contributed by atoms with Crippen LogP contribution in [0.2, 0.25) is 0 Å². The number of nitrogens with one attached hydrogen (secondary N) is 1. The molecule has 1 atom stereocenters. The molecule has 0 fully saturated rings. The number of nitrogens with zero attached hydrogens (tertiary/aromatic N) is 1. The molecule has 2 aromatic rings. The van der Waals surface area contributed by atoms with Gasteiger partial charge in [0.15, 0.2) is 0 Å². The number of hydrogen-bond donors (Lipinski definition) is 1. The van der Waals surface area contributed by atoms with E-state index in [2.05, 4.69) is 10.3 Å². The maximum Gasteiger partial charge on any atom is 0.263 e. The molecule has 1 N–H and O–H groups in total. The lowest BCUT2D eigenvalue weighted by atomic mass is 10.0. The van der Waals surface area contributed by atoms with Gasteiger partial charge in [0.05, 0.1) is 17.2 Å². The summed E-state index contributed by atoms with van der Waals surface area (Å²) < 4.78 is 5.65. The standard InChI is InChI=1S/C14H14N2O2S/c1-9-15-7-13(19-9)14(17)16-11-6-10-4-2-3-5-12(10)18-8-11/h2-5,7,11H,6,8H2,1H3,(H,16,17)/t11-/m1/s1. The van der Waals surface area contributed by atoms with Crippen molar-refractivity contribution in [2.75, 3.05) is 6.61 Å². The largest absolute Gasteiger partial charge is 0.491 e. The van der Waals surface area contributed by atoms with E-state index >= 15 is 0 Å². The van der Waals surface area contributed by atoms with E-state index in [-0.39, 0.29) is 11.9 Å². The molecule has 3 rings (SSSR count). The quantitative estimate of drug-likeness (QED) is 0.913. The molecule has 5 heteroatoms. The molecule has 1 aromatic heterocycles. The summed E-state index contributed by atoms with van der Waals surface area (Å²) >= 11 is 1.41. The van der Waals surface area contributed by atoms with Gasteiger partial charge in [0, 0.05) is 0 Å². The fourth-order valence-electron chi connectivity index (χ4n) is 2.14. The predicted molar refractivity (Wildman–Crippen MR) is 73.7 cm³/mol. The highest BCUT2D eigenvalue weighted by Crippen LogP contribution is 2.24. The topological polar surface area (TPSA) is 51.2 Å². The third kappa shape index (κ3) is 2.61. The Bertz CT molecular complexity index is 609. The lowest BCUT2D eigenvalue weighted by Gasteiger charge is -2.25. The minimum absolute atomic E-state index is 0.0183. The molecule has 0 radical (unpaired) electrons. The second-order valence-electron chi connectivity index (χ2n) is 4.54. The minimum atomic E-state index is -0.0708. The maximum absolute atomic E-state index is 12.0. The average Bonchev–Trinajstić information content (AvgIpc) is 2.85. The molecular weight excluding hydrogens is 260 g/mol. The van der Waals surface area contributed by atoms with E-state index < -0.39 is 0 Å². The van der Waals surface area contributed by atoms with Crippen LogP contribution in [0.3, 0.4) is 0 Å². The molecule has 0 aliphatic carbocycles. The van der Waals surface area contributed by atoms with Crippen molar-refractivity contribution in [2.24, 2.45) is 0 Å². The van der Waals surface area contributed by atoms with Crippen LogP contribution in [0, 0.1) is 6.92 Å². The number of fused-ring (bicyclic) bond motifs is 1. The number of carbonyl (C=O) groups excluding carboxylic acids is 1. The van der Waals surface area contributed by atoms with Gasteiger partial charge in [-0.25, -0.2) is 4.98 Å². The second kappa shape index (κ2) is 5.01. The molecule has 0 unspecified atom stereocenters. The molecule has 0 saturated heterocycles. The number of thiazole rings is 1. The summed E-state index contributed by atoms with van der Waals surface area (Å²) in [5.41, 5.74) is 1.14. The first-order valence-electron chi connectivity index (χ1n) is 6.16. The smallest absolute Gasteiger partial charge is 0.263 e. The summed E-state index contributed by atoms with van der Waals surface area (Å²) in [6.45, 7) is 2.40. The van der Waals surface area contributed by atoms with Crippen molar-refractivity contribution in [3.8, 4) is 5.75 Å². The zero-order chi connectivity index (χ0) is 13.2. The molecule has 4 nitrogen and oxygen atoms in total. The van der Waals surface area contributed by atoms with Crippen molar-refractivity contribution >= 4 is 17.2 Å². The van der Waals surface area contributed by atoms with Gasteiger partial charge in [0.1, 0.15) is 17.2 Å². The molecule has 1 aliphatic heterocycles. The van der Waals surface area contributed by atoms with E-state index in [4.69, 9.17) is 4.74 Å². The first-order valence-corrected chi connectivity index (χ1v) is 6.98. The normalized spacial score (nSPS) is 17.4. The van der Waals surface area contributed by atoms with Crippen LogP contribution < -0.4 is 10.1 Å². The summed E-state index contributed by atoms with van der Waals surface area (Å²) in [6.07, 6.45) is 2.42. The summed E-state index contributed by atoms with van der Waals surface area (Å²) in [5.74, 6) is 0.847. The number of amides is 1. The molecule has 1 amide bonds. The summed E-state index contributed by atoms with van der Waals surface area (Å²) in [7, 11) is 0. The number of hydrogen-bond acceptors (Lipinski definition) is 4. The monoisotopic (exact) mass is 274 g/mol. The maximum atomic E-state index is 12.0. The van der Waals surface area contributed by atoms with Gasteiger partial charge in [0.2, 0.25) is 0 Å². The molecule has 2 heterocycles. The molecule has 98 valence electrons. The van der Waals surface area contributed by atoms with Crippen molar-refractivity contribution in [1.29, 1.82) is 0 Å². The van der Waals surface area contributed by atoms with Gasteiger partial charge in [-0.15, -0.1) is 11.3 Å². The molecule has 19 heavy (non-hydrogen) atoms. The highest BCUT2D eigenvalue weighted by atomic mass is 32.1. The van der Waals surface area contributed by atoms with Gasteiger partial charge in [0.25, 0.3) is 5.91 Å². The fourth-order valence-corrected chi connectivity index (χ4v) is 2.82. The van der Waals surface area contributed by atoms with Crippen LogP contribution in [-0.2, 0) is 6.42 Å². The van der Waals surface area contributed by atoms with Crippen LogP contribution in [0.25, 0.3) is 0 Å². The Balaban J connectivity index is 1.68. The Labute approximate surface area is 115 Å². The van der Waals surface area contributed by atoms with Crippen molar-refractivity contribution in [3.05, 3.63) is 45.9 Å². The van der Waals surface area contributed by atoms with E-state index in [1.807, 2.05) is 31.2 Å². The van der Waals surface area contributed by atoms with Crippen molar-refractivity contribution in [3.63, 3.8) is 0 Å². The number of carbonyl (C=O) groups is 1. The van der Waals surface area contributed by atoms with Crippen LogP contribution in [0.5, 0.6) is 5.75 Å².